The molecule has 0 aliphatic carbocycles. The van der Waals surface area contributed by atoms with Gasteiger partial charge in [-0.05, 0) is 35.9 Å². The Bertz CT molecular complexity index is 857. The monoisotopic (exact) mass is 362 g/mol. The summed E-state index contributed by atoms with van der Waals surface area (Å²) in [5.74, 6) is 0.542. The number of aromatic nitrogens is 2. The number of hydrogen-bond donors (Lipinski definition) is 2. The smallest absolute Gasteiger partial charge is 0.229 e. The molecule has 0 radical (unpaired) electrons. The first-order valence-corrected chi connectivity index (χ1v) is 7.90. The minimum atomic E-state index is -0.474. The number of nitrogens with zero attached hydrogens (tertiary/aromatic N) is 2. The molecule has 0 spiro atoms. The number of nitrogens with one attached hydrogen (secondary N) is 2. The van der Waals surface area contributed by atoms with Crippen LogP contribution in [0.15, 0.2) is 54.7 Å². The molecule has 0 saturated heterocycles. The first-order chi connectivity index (χ1) is 11.6. The molecule has 1 aromatic heterocycles. The molecule has 7 heteroatoms. The summed E-state index contributed by atoms with van der Waals surface area (Å²) in [6.07, 6.45) is 1.62. The van der Waals surface area contributed by atoms with Crippen molar-refractivity contribution < 1.29 is 4.39 Å². The van der Waals surface area contributed by atoms with Crippen molar-refractivity contribution in [3.8, 4) is 0 Å². The Morgan fingerprint density at radius 2 is 1.83 bits per heavy atom. The second-order valence-electron chi connectivity index (χ2n) is 4.96. The Kier molecular flexibility index (Phi) is 5.13. The molecule has 0 saturated carbocycles. The van der Waals surface area contributed by atoms with Gasteiger partial charge in [0.1, 0.15) is 11.6 Å². The Hall–Kier alpha value is -2.37. The van der Waals surface area contributed by atoms with Crippen LogP contribution in [-0.4, -0.2) is 9.97 Å². The zero-order valence-corrected chi connectivity index (χ0v) is 13.9. The van der Waals surface area contributed by atoms with E-state index in [2.05, 4.69) is 20.6 Å². The second-order valence-corrected chi connectivity index (χ2v) is 5.78. The highest BCUT2D eigenvalue weighted by atomic mass is 35.5. The lowest BCUT2D eigenvalue weighted by atomic mass is 10.2. The lowest BCUT2D eigenvalue weighted by Crippen LogP contribution is -2.04. The van der Waals surface area contributed by atoms with Gasteiger partial charge < -0.3 is 10.6 Å². The van der Waals surface area contributed by atoms with Gasteiger partial charge in [-0.1, -0.05) is 41.4 Å². The maximum Gasteiger partial charge on any atom is 0.229 e. The van der Waals surface area contributed by atoms with Crippen LogP contribution in [-0.2, 0) is 6.54 Å². The van der Waals surface area contributed by atoms with E-state index in [-0.39, 0.29) is 5.02 Å². The van der Waals surface area contributed by atoms with Crippen molar-refractivity contribution in [2.75, 3.05) is 10.6 Å². The van der Waals surface area contributed by atoms with Crippen LogP contribution in [0.25, 0.3) is 0 Å². The van der Waals surface area contributed by atoms with E-state index in [0.717, 1.165) is 5.56 Å². The average molecular weight is 363 g/mol. The third kappa shape index (κ3) is 4.13. The van der Waals surface area contributed by atoms with Crippen molar-refractivity contribution >= 4 is 40.7 Å². The Balaban J connectivity index is 1.69. The van der Waals surface area contributed by atoms with Gasteiger partial charge in [-0.15, -0.1) is 0 Å². The highest BCUT2D eigenvalue weighted by molar-refractivity contribution is 6.31. The summed E-state index contributed by atoms with van der Waals surface area (Å²) in [5, 5.41) is 6.90. The van der Waals surface area contributed by atoms with E-state index in [1.807, 2.05) is 24.3 Å². The van der Waals surface area contributed by atoms with Crippen molar-refractivity contribution in [2.45, 2.75) is 6.54 Å². The average Bonchev–Trinajstić information content (AvgIpc) is 2.58. The SMILES string of the molecule is Fc1ccc(Nc2nccc(NCc3ccccc3Cl)n2)cc1Cl. The molecule has 3 aromatic rings. The van der Waals surface area contributed by atoms with Gasteiger partial charge in [0, 0.05) is 23.5 Å². The fourth-order valence-electron chi connectivity index (χ4n) is 2.05. The van der Waals surface area contributed by atoms with Gasteiger partial charge in [-0.25, -0.2) is 9.37 Å². The predicted octanol–water partition coefficient (Wildman–Crippen LogP) is 5.28. The van der Waals surface area contributed by atoms with E-state index in [0.29, 0.717) is 29.0 Å². The van der Waals surface area contributed by atoms with Gasteiger partial charge in [0.05, 0.1) is 5.02 Å². The maximum atomic E-state index is 13.2. The summed E-state index contributed by atoms with van der Waals surface area (Å²) in [5.41, 5.74) is 1.57. The first kappa shape index (κ1) is 16.5. The van der Waals surface area contributed by atoms with E-state index >= 15 is 0 Å². The number of halogens is 3. The number of benzene rings is 2. The third-order valence-corrected chi connectivity index (χ3v) is 3.91. The number of hydrogen-bond acceptors (Lipinski definition) is 4. The van der Waals surface area contributed by atoms with Crippen LogP contribution in [0.2, 0.25) is 10.0 Å². The fraction of sp³-hybridized carbons (Fsp3) is 0.0588. The molecular formula is C17H13Cl2FN4. The third-order valence-electron chi connectivity index (χ3n) is 3.25. The van der Waals surface area contributed by atoms with Crippen molar-refractivity contribution in [3.05, 3.63) is 76.2 Å². The van der Waals surface area contributed by atoms with Gasteiger partial charge in [-0.3, -0.25) is 0 Å². The maximum absolute atomic E-state index is 13.2. The van der Waals surface area contributed by atoms with E-state index in [1.165, 1.54) is 12.1 Å². The molecular weight excluding hydrogens is 350 g/mol. The minimum absolute atomic E-state index is 0.0352. The number of anilines is 3. The number of rotatable bonds is 5. The molecule has 0 atom stereocenters. The second kappa shape index (κ2) is 7.47. The highest BCUT2D eigenvalue weighted by Crippen LogP contribution is 2.22. The van der Waals surface area contributed by atoms with E-state index in [9.17, 15) is 4.39 Å². The molecule has 3 rings (SSSR count). The van der Waals surface area contributed by atoms with Gasteiger partial charge >= 0.3 is 0 Å². The molecule has 4 nitrogen and oxygen atoms in total. The van der Waals surface area contributed by atoms with Crippen LogP contribution in [0.4, 0.5) is 21.8 Å². The van der Waals surface area contributed by atoms with E-state index in [1.54, 1.807) is 18.3 Å². The molecule has 2 N–H and O–H groups in total. The van der Waals surface area contributed by atoms with Gasteiger partial charge in [0.2, 0.25) is 5.95 Å². The molecule has 122 valence electrons. The molecule has 0 aliphatic heterocycles. The Labute approximate surface area is 148 Å². The first-order valence-electron chi connectivity index (χ1n) is 7.14. The van der Waals surface area contributed by atoms with Crippen molar-refractivity contribution in [3.63, 3.8) is 0 Å². The van der Waals surface area contributed by atoms with Gasteiger partial charge in [0.15, 0.2) is 0 Å². The highest BCUT2D eigenvalue weighted by Gasteiger charge is 2.04. The minimum Gasteiger partial charge on any atom is -0.366 e. The molecule has 1 heterocycles. The van der Waals surface area contributed by atoms with Gasteiger partial charge in [0.25, 0.3) is 0 Å². The summed E-state index contributed by atoms with van der Waals surface area (Å²) < 4.78 is 13.2. The fourth-order valence-corrected chi connectivity index (χ4v) is 2.43. The molecule has 24 heavy (non-hydrogen) atoms. The summed E-state index contributed by atoms with van der Waals surface area (Å²) >= 11 is 11.9. The van der Waals surface area contributed by atoms with Gasteiger partial charge in [-0.2, -0.15) is 4.98 Å². The van der Waals surface area contributed by atoms with Crippen molar-refractivity contribution in [2.24, 2.45) is 0 Å². The molecule has 0 aliphatic rings. The summed E-state index contributed by atoms with van der Waals surface area (Å²) in [7, 11) is 0. The molecule has 0 bridgehead atoms. The summed E-state index contributed by atoms with van der Waals surface area (Å²) in [4.78, 5) is 8.49. The van der Waals surface area contributed by atoms with Crippen LogP contribution < -0.4 is 10.6 Å². The molecule has 2 aromatic carbocycles. The summed E-state index contributed by atoms with van der Waals surface area (Å²) in [6.45, 7) is 0.540. The topological polar surface area (TPSA) is 49.8 Å². The van der Waals surface area contributed by atoms with E-state index in [4.69, 9.17) is 23.2 Å². The zero-order chi connectivity index (χ0) is 16.9. The van der Waals surface area contributed by atoms with Crippen LogP contribution in [0, 0.1) is 5.82 Å². The lowest BCUT2D eigenvalue weighted by Gasteiger charge is -2.09. The predicted molar refractivity (Wildman–Crippen MR) is 95.5 cm³/mol. The summed E-state index contributed by atoms with van der Waals surface area (Å²) in [6, 6.07) is 13.7. The molecule has 0 unspecified atom stereocenters. The quantitative estimate of drug-likeness (QED) is 0.648. The lowest BCUT2D eigenvalue weighted by molar-refractivity contribution is 0.628. The van der Waals surface area contributed by atoms with E-state index < -0.39 is 5.82 Å². The standard InChI is InChI=1S/C17H13Cl2FN4/c18-13-4-2-1-3-11(13)10-22-16-7-8-21-17(24-16)23-12-5-6-15(20)14(19)9-12/h1-9H,10H2,(H2,21,22,23,24). The van der Waals surface area contributed by atoms with Crippen LogP contribution >= 0.6 is 23.2 Å². The largest absolute Gasteiger partial charge is 0.366 e. The Morgan fingerprint density at radius 1 is 1.00 bits per heavy atom. The van der Waals surface area contributed by atoms with Crippen LogP contribution in [0.1, 0.15) is 5.56 Å². The van der Waals surface area contributed by atoms with Crippen LogP contribution in [0.3, 0.4) is 0 Å². The molecule has 0 fully saturated rings. The molecule has 0 amide bonds. The Morgan fingerprint density at radius 3 is 2.62 bits per heavy atom. The van der Waals surface area contributed by atoms with Crippen molar-refractivity contribution in [1.82, 2.24) is 9.97 Å². The zero-order valence-electron chi connectivity index (χ0n) is 12.4. The van der Waals surface area contributed by atoms with Crippen LogP contribution in [0.5, 0.6) is 0 Å². The van der Waals surface area contributed by atoms with Crippen molar-refractivity contribution in [1.29, 1.82) is 0 Å². The normalized spacial score (nSPS) is 10.5.